The van der Waals surface area contributed by atoms with Crippen LogP contribution in [0.5, 0.6) is 0 Å². The summed E-state index contributed by atoms with van der Waals surface area (Å²) in [5.41, 5.74) is 1.75. The molecule has 0 saturated heterocycles. The van der Waals surface area contributed by atoms with Crippen LogP contribution in [0.2, 0.25) is 0 Å². The number of hydrogen-bond donors (Lipinski definition) is 2. The van der Waals surface area contributed by atoms with Crippen LogP contribution in [-0.4, -0.2) is 40.5 Å². The van der Waals surface area contributed by atoms with Crippen LogP contribution in [0.15, 0.2) is 57.5 Å². The first-order chi connectivity index (χ1) is 12.0. The molecule has 0 bridgehead atoms. The molecule has 0 aliphatic heterocycles. The van der Waals surface area contributed by atoms with Crippen molar-refractivity contribution in [3.05, 3.63) is 68.6 Å². The minimum Gasteiger partial charge on any atom is -0.445 e. The van der Waals surface area contributed by atoms with Crippen molar-refractivity contribution in [2.24, 2.45) is 0 Å². The minimum absolute atomic E-state index is 0.0161. The van der Waals surface area contributed by atoms with Crippen molar-refractivity contribution in [1.29, 1.82) is 0 Å². The normalized spacial score (nSPS) is 11.8. The van der Waals surface area contributed by atoms with E-state index in [4.69, 9.17) is 9.84 Å². The Morgan fingerprint density at radius 2 is 1.80 bits per heavy atom. The van der Waals surface area contributed by atoms with Crippen LogP contribution >= 0.6 is 31.9 Å². The molecule has 7 heteroatoms. The maximum Gasteiger partial charge on any atom is 0.410 e. The number of aliphatic hydroxyl groups is 2. The number of aliphatic hydroxyl groups excluding tert-OH is 2. The van der Waals surface area contributed by atoms with E-state index < -0.39 is 18.8 Å². The SMILES string of the molecule is O=C(OCc1ccccc1)N(Cc1ccc(Br)c(Br)c1)CC(O)CO. The van der Waals surface area contributed by atoms with Gasteiger partial charge in [0, 0.05) is 15.5 Å². The average molecular weight is 473 g/mol. The van der Waals surface area contributed by atoms with Crippen LogP contribution in [0.3, 0.4) is 0 Å². The maximum atomic E-state index is 12.4. The lowest BCUT2D eigenvalue weighted by molar-refractivity contribution is 0.0421. The van der Waals surface area contributed by atoms with Crippen molar-refractivity contribution in [3.8, 4) is 0 Å². The van der Waals surface area contributed by atoms with E-state index in [-0.39, 0.29) is 19.7 Å². The van der Waals surface area contributed by atoms with Gasteiger partial charge in [-0.1, -0.05) is 36.4 Å². The lowest BCUT2D eigenvalue weighted by Gasteiger charge is -2.24. The van der Waals surface area contributed by atoms with E-state index in [1.807, 2.05) is 48.5 Å². The summed E-state index contributed by atoms with van der Waals surface area (Å²) in [6.45, 7) is -0.0315. The summed E-state index contributed by atoms with van der Waals surface area (Å²) in [4.78, 5) is 13.8. The summed E-state index contributed by atoms with van der Waals surface area (Å²) in [5.74, 6) is 0. The molecule has 0 spiro atoms. The Bertz CT molecular complexity index is 697. The van der Waals surface area contributed by atoms with Crippen LogP contribution in [0.25, 0.3) is 0 Å². The zero-order valence-electron chi connectivity index (χ0n) is 13.4. The van der Waals surface area contributed by atoms with Crippen LogP contribution in [-0.2, 0) is 17.9 Å². The number of nitrogens with zero attached hydrogens (tertiary/aromatic N) is 1. The third-order valence-corrected chi connectivity index (χ3v) is 5.34. The Morgan fingerprint density at radius 3 is 2.44 bits per heavy atom. The summed E-state index contributed by atoms with van der Waals surface area (Å²) >= 11 is 6.83. The van der Waals surface area contributed by atoms with E-state index in [9.17, 15) is 9.90 Å². The number of carbonyl (C=O) groups is 1. The molecule has 0 aliphatic rings. The summed E-state index contributed by atoms with van der Waals surface area (Å²) in [6, 6.07) is 15.0. The highest BCUT2D eigenvalue weighted by atomic mass is 79.9. The second-order valence-electron chi connectivity index (χ2n) is 5.51. The van der Waals surface area contributed by atoms with Gasteiger partial charge in [0.1, 0.15) is 6.61 Å². The maximum absolute atomic E-state index is 12.4. The molecule has 0 heterocycles. The third-order valence-electron chi connectivity index (χ3n) is 3.46. The van der Waals surface area contributed by atoms with E-state index in [1.54, 1.807) is 0 Å². The van der Waals surface area contributed by atoms with Crippen molar-refractivity contribution in [3.63, 3.8) is 0 Å². The van der Waals surface area contributed by atoms with E-state index in [2.05, 4.69) is 31.9 Å². The van der Waals surface area contributed by atoms with E-state index >= 15 is 0 Å². The number of halogens is 2. The zero-order valence-corrected chi connectivity index (χ0v) is 16.6. The zero-order chi connectivity index (χ0) is 18.2. The molecule has 1 unspecified atom stereocenters. The Kier molecular flexibility index (Phi) is 7.90. The highest BCUT2D eigenvalue weighted by Gasteiger charge is 2.19. The quantitative estimate of drug-likeness (QED) is 0.644. The van der Waals surface area contributed by atoms with E-state index in [0.717, 1.165) is 20.1 Å². The van der Waals surface area contributed by atoms with Crippen molar-refractivity contribution >= 4 is 38.0 Å². The topological polar surface area (TPSA) is 70.0 Å². The molecule has 2 aromatic rings. The highest BCUT2D eigenvalue weighted by Crippen LogP contribution is 2.24. The molecule has 2 N–H and O–H groups in total. The van der Waals surface area contributed by atoms with Crippen LogP contribution in [0.1, 0.15) is 11.1 Å². The van der Waals surface area contributed by atoms with Gasteiger partial charge in [0.15, 0.2) is 0 Å². The number of rotatable bonds is 7. The van der Waals surface area contributed by atoms with Gasteiger partial charge in [-0.15, -0.1) is 0 Å². The molecule has 0 aromatic heterocycles. The molecule has 0 aliphatic carbocycles. The second-order valence-corrected chi connectivity index (χ2v) is 7.21. The summed E-state index contributed by atoms with van der Waals surface area (Å²) in [6.07, 6.45) is -1.57. The van der Waals surface area contributed by atoms with Gasteiger partial charge in [-0.25, -0.2) is 4.79 Å². The highest BCUT2D eigenvalue weighted by molar-refractivity contribution is 9.13. The molecule has 0 fully saturated rings. The van der Waals surface area contributed by atoms with Gasteiger partial charge >= 0.3 is 6.09 Å². The van der Waals surface area contributed by atoms with Gasteiger partial charge < -0.3 is 19.8 Å². The number of amides is 1. The van der Waals surface area contributed by atoms with Crippen LogP contribution < -0.4 is 0 Å². The lowest BCUT2D eigenvalue weighted by Crippen LogP contribution is -2.38. The van der Waals surface area contributed by atoms with Crippen molar-refractivity contribution in [1.82, 2.24) is 4.90 Å². The predicted molar refractivity (Wildman–Crippen MR) is 102 cm³/mol. The number of hydrogen-bond acceptors (Lipinski definition) is 4. The van der Waals surface area contributed by atoms with Gasteiger partial charge in [0.05, 0.1) is 19.3 Å². The Labute approximate surface area is 163 Å². The number of benzene rings is 2. The minimum atomic E-state index is -1.02. The summed E-state index contributed by atoms with van der Waals surface area (Å²) in [7, 11) is 0. The number of carbonyl (C=O) groups excluding carboxylic acids is 1. The first-order valence-corrected chi connectivity index (χ1v) is 9.26. The fourth-order valence-electron chi connectivity index (χ4n) is 2.18. The van der Waals surface area contributed by atoms with E-state index in [0.29, 0.717) is 0 Å². The fraction of sp³-hybridized carbons (Fsp3) is 0.278. The number of ether oxygens (including phenoxy) is 1. The molecule has 1 amide bonds. The Morgan fingerprint density at radius 1 is 1.08 bits per heavy atom. The largest absolute Gasteiger partial charge is 0.445 e. The first kappa shape index (κ1) is 19.9. The molecule has 1 atom stereocenters. The molecular weight excluding hydrogens is 454 g/mol. The van der Waals surface area contributed by atoms with Gasteiger partial charge in [-0.3, -0.25) is 0 Å². The molecule has 0 radical (unpaired) electrons. The van der Waals surface area contributed by atoms with Crippen LogP contribution in [0.4, 0.5) is 4.79 Å². The van der Waals surface area contributed by atoms with E-state index in [1.165, 1.54) is 4.90 Å². The molecule has 2 aromatic carbocycles. The lowest BCUT2D eigenvalue weighted by atomic mass is 10.2. The fourth-order valence-corrected chi connectivity index (χ4v) is 2.86. The Hall–Kier alpha value is -1.41. The van der Waals surface area contributed by atoms with Crippen molar-refractivity contribution in [2.45, 2.75) is 19.3 Å². The molecule has 134 valence electrons. The summed E-state index contributed by atoms with van der Waals surface area (Å²) < 4.78 is 7.11. The van der Waals surface area contributed by atoms with Gasteiger partial charge in [0.2, 0.25) is 0 Å². The Balaban J connectivity index is 2.05. The van der Waals surface area contributed by atoms with Crippen molar-refractivity contribution < 1.29 is 19.7 Å². The van der Waals surface area contributed by atoms with Gasteiger partial charge in [-0.05, 0) is 55.1 Å². The molecule has 2 rings (SSSR count). The van der Waals surface area contributed by atoms with Crippen LogP contribution in [0, 0.1) is 0 Å². The molecular formula is C18H19Br2NO4. The standard InChI is InChI=1S/C18H19Br2NO4/c19-16-7-6-14(8-17(16)20)9-21(10-15(23)11-22)18(24)25-12-13-4-2-1-3-5-13/h1-8,15,22-23H,9-12H2. The predicted octanol–water partition coefficient (Wildman–Crippen LogP) is 3.70. The van der Waals surface area contributed by atoms with Crippen molar-refractivity contribution in [2.75, 3.05) is 13.2 Å². The molecule has 0 saturated carbocycles. The molecule has 25 heavy (non-hydrogen) atoms. The third kappa shape index (κ3) is 6.43. The second kappa shape index (κ2) is 9.91. The monoisotopic (exact) mass is 471 g/mol. The van der Waals surface area contributed by atoms with Gasteiger partial charge in [-0.2, -0.15) is 0 Å². The smallest absolute Gasteiger partial charge is 0.410 e. The molecule has 5 nitrogen and oxygen atoms in total. The summed E-state index contributed by atoms with van der Waals surface area (Å²) in [5, 5.41) is 18.8. The average Bonchev–Trinajstić information content (AvgIpc) is 2.62. The first-order valence-electron chi connectivity index (χ1n) is 7.68. The van der Waals surface area contributed by atoms with Gasteiger partial charge in [0.25, 0.3) is 0 Å².